The van der Waals surface area contributed by atoms with Gasteiger partial charge in [-0.2, -0.15) is 0 Å². The Morgan fingerprint density at radius 3 is 2.53 bits per heavy atom. The summed E-state index contributed by atoms with van der Waals surface area (Å²) in [5.74, 6) is 2.27. The lowest BCUT2D eigenvalue weighted by molar-refractivity contribution is 0.284. The fraction of sp³-hybridized carbons (Fsp3) is 0.148. The number of rotatable bonds is 9. The minimum Gasteiger partial charge on any atom is -0.497 e. The van der Waals surface area contributed by atoms with Crippen LogP contribution in [-0.4, -0.2) is 19.2 Å². The van der Waals surface area contributed by atoms with E-state index in [1.165, 1.54) is 9.75 Å². The first-order chi connectivity index (χ1) is 15.7. The quantitative estimate of drug-likeness (QED) is 0.290. The van der Waals surface area contributed by atoms with Gasteiger partial charge in [-0.25, -0.2) is 0 Å². The summed E-state index contributed by atoms with van der Waals surface area (Å²) < 4.78 is 16.7. The molecule has 5 heteroatoms. The maximum Gasteiger partial charge on any atom is 0.161 e. The summed E-state index contributed by atoms with van der Waals surface area (Å²) in [4.78, 5) is 6.75. The van der Waals surface area contributed by atoms with Crippen LogP contribution in [0.15, 0.2) is 85.2 Å². The lowest BCUT2D eigenvalue weighted by atomic mass is 10.1. The number of benzene rings is 2. The smallest absolute Gasteiger partial charge is 0.161 e. The number of thiophene rings is 1. The fourth-order valence-electron chi connectivity index (χ4n) is 3.25. The van der Waals surface area contributed by atoms with Crippen molar-refractivity contribution in [2.24, 2.45) is 0 Å². The number of allylic oxidation sites excluding steroid dienone is 1. The van der Waals surface area contributed by atoms with E-state index in [1.54, 1.807) is 31.8 Å². The summed E-state index contributed by atoms with van der Waals surface area (Å²) in [6.45, 7) is 0.465. The molecule has 0 saturated heterocycles. The van der Waals surface area contributed by atoms with E-state index >= 15 is 0 Å². The molecule has 0 fully saturated rings. The molecule has 0 N–H and O–H groups in total. The van der Waals surface area contributed by atoms with Crippen molar-refractivity contribution in [1.82, 2.24) is 4.98 Å². The Kier molecular flexibility index (Phi) is 7.20. The van der Waals surface area contributed by atoms with E-state index in [-0.39, 0.29) is 0 Å². The predicted octanol–water partition coefficient (Wildman–Crippen LogP) is 6.66. The normalized spacial score (nSPS) is 10.9. The van der Waals surface area contributed by atoms with Crippen molar-refractivity contribution in [3.05, 3.63) is 101 Å². The lowest BCUT2D eigenvalue weighted by Gasteiger charge is -2.11. The molecule has 32 heavy (non-hydrogen) atoms. The zero-order chi connectivity index (χ0) is 22.2. The van der Waals surface area contributed by atoms with Gasteiger partial charge in [0.05, 0.1) is 14.2 Å². The average molecular weight is 444 g/mol. The number of hydrogen-bond donors (Lipinski definition) is 0. The molecule has 0 amide bonds. The Labute approximate surface area is 192 Å². The molecule has 2 aromatic carbocycles. The van der Waals surface area contributed by atoms with Crippen LogP contribution in [0.1, 0.15) is 16.0 Å². The minimum absolute atomic E-state index is 0.465. The van der Waals surface area contributed by atoms with Crippen LogP contribution in [0.5, 0.6) is 17.2 Å². The third-order valence-corrected chi connectivity index (χ3v) is 6.13. The predicted molar refractivity (Wildman–Crippen MR) is 131 cm³/mol. The summed E-state index contributed by atoms with van der Waals surface area (Å²) in [6, 6.07) is 22.2. The monoisotopic (exact) mass is 443 g/mol. The van der Waals surface area contributed by atoms with E-state index in [9.17, 15) is 0 Å². The molecule has 4 aromatic rings. The van der Waals surface area contributed by atoms with E-state index in [4.69, 9.17) is 14.2 Å². The van der Waals surface area contributed by atoms with Gasteiger partial charge in [0.15, 0.2) is 11.5 Å². The second kappa shape index (κ2) is 10.6. The van der Waals surface area contributed by atoms with Crippen molar-refractivity contribution >= 4 is 17.4 Å². The van der Waals surface area contributed by atoms with Gasteiger partial charge < -0.3 is 14.2 Å². The van der Waals surface area contributed by atoms with Crippen LogP contribution in [0, 0.1) is 0 Å². The van der Waals surface area contributed by atoms with Gasteiger partial charge in [-0.15, -0.1) is 11.3 Å². The highest BCUT2D eigenvalue weighted by Gasteiger charge is 2.06. The molecule has 0 radical (unpaired) electrons. The third kappa shape index (κ3) is 5.56. The summed E-state index contributed by atoms with van der Waals surface area (Å²) in [5.41, 5.74) is 3.30. The minimum atomic E-state index is 0.465. The first-order valence-corrected chi connectivity index (χ1v) is 11.2. The summed E-state index contributed by atoms with van der Waals surface area (Å²) in [5, 5.41) is 0. The van der Waals surface area contributed by atoms with E-state index in [2.05, 4.69) is 35.3 Å². The maximum atomic E-state index is 5.97. The van der Waals surface area contributed by atoms with Crippen molar-refractivity contribution in [1.29, 1.82) is 0 Å². The van der Waals surface area contributed by atoms with Crippen LogP contribution < -0.4 is 14.2 Å². The Morgan fingerprint density at radius 2 is 1.78 bits per heavy atom. The molecule has 0 aliphatic heterocycles. The van der Waals surface area contributed by atoms with Crippen LogP contribution in [0.4, 0.5) is 0 Å². The van der Waals surface area contributed by atoms with Gasteiger partial charge in [0.25, 0.3) is 0 Å². The van der Waals surface area contributed by atoms with Crippen molar-refractivity contribution < 1.29 is 14.2 Å². The van der Waals surface area contributed by atoms with Crippen LogP contribution in [0.2, 0.25) is 0 Å². The van der Waals surface area contributed by atoms with Crippen LogP contribution >= 0.6 is 11.3 Å². The molecular weight excluding hydrogens is 418 g/mol. The van der Waals surface area contributed by atoms with Crippen molar-refractivity contribution in [2.45, 2.75) is 13.0 Å². The Bertz CT molecular complexity index is 1170. The summed E-state index contributed by atoms with van der Waals surface area (Å²) in [6.07, 6.45) is 8.86. The molecule has 0 atom stereocenters. The molecule has 0 bridgehead atoms. The Hall–Kier alpha value is -3.57. The number of aromatic nitrogens is 1. The van der Waals surface area contributed by atoms with Gasteiger partial charge in [0, 0.05) is 34.1 Å². The molecule has 0 spiro atoms. The summed E-state index contributed by atoms with van der Waals surface area (Å²) >= 11 is 1.79. The molecule has 0 aliphatic carbocycles. The standard InChI is InChI=1S/C27H25NO3S/c1-29-23-11-8-21(9-12-23)19-31-25-14-10-20(17-26(25)30-2)5-3-7-24-13-15-27(32-24)22-6-4-16-28-18-22/h3-6,8-18H,7,19H2,1-2H3/b5-3+. The molecule has 4 nitrogen and oxygen atoms in total. The van der Waals surface area contributed by atoms with Gasteiger partial charge in [-0.1, -0.05) is 36.4 Å². The third-order valence-electron chi connectivity index (χ3n) is 4.98. The molecule has 2 aromatic heterocycles. The van der Waals surface area contributed by atoms with Gasteiger partial charge in [0.1, 0.15) is 12.4 Å². The molecule has 0 aliphatic rings. The van der Waals surface area contributed by atoms with Crippen molar-refractivity contribution in [3.63, 3.8) is 0 Å². The zero-order valence-corrected chi connectivity index (χ0v) is 19.0. The number of pyridine rings is 1. The van der Waals surface area contributed by atoms with Gasteiger partial charge in [-0.3, -0.25) is 4.98 Å². The maximum absolute atomic E-state index is 5.97. The highest BCUT2D eigenvalue weighted by Crippen LogP contribution is 2.30. The van der Waals surface area contributed by atoms with Gasteiger partial charge in [0.2, 0.25) is 0 Å². The topological polar surface area (TPSA) is 40.6 Å². The Morgan fingerprint density at radius 1 is 0.906 bits per heavy atom. The molecule has 0 unspecified atom stereocenters. The molecule has 2 heterocycles. The first kappa shape index (κ1) is 21.7. The first-order valence-electron chi connectivity index (χ1n) is 10.3. The van der Waals surface area contributed by atoms with Gasteiger partial charge in [-0.05, 0) is 53.6 Å². The lowest BCUT2D eigenvalue weighted by Crippen LogP contribution is -1.98. The SMILES string of the molecule is COc1ccc(COc2ccc(/C=C/Cc3ccc(-c4cccnc4)s3)cc2OC)cc1. The number of nitrogens with zero attached hydrogens (tertiary/aromatic N) is 1. The average Bonchev–Trinajstić information content (AvgIpc) is 3.33. The second-order valence-corrected chi connectivity index (χ2v) is 8.33. The highest BCUT2D eigenvalue weighted by atomic mass is 32.1. The van der Waals surface area contributed by atoms with E-state index < -0.39 is 0 Å². The van der Waals surface area contributed by atoms with Crippen molar-refractivity contribution in [3.8, 4) is 27.7 Å². The molecule has 0 saturated carbocycles. The van der Waals surface area contributed by atoms with Crippen LogP contribution in [0.3, 0.4) is 0 Å². The number of ether oxygens (including phenoxy) is 3. The second-order valence-electron chi connectivity index (χ2n) is 7.16. The molecule has 162 valence electrons. The van der Waals surface area contributed by atoms with Crippen LogP contribution in [0.25, 0.3) is 16.5 Å². The van der Waals surface area contributed by atoms with E-state index in [1.807, 2.05) is 54.7 Å². The molecular formula is C27H25NO3S. The number of methoxy groups -OCH3 is 2. The fourth-order valence-corrected chi connectivity index (χ4v) is 4.23. The largest absolute Gasteiger partial charge is 0.497 e. The van der Waals surface area contributed by atoms with E-state index in [0.29, 0.717) is 6.61 Å². The summed E-state index contributed by atoms with van der Waals surface area (Å²) in [7, 11) is 3.32. The molecule has 4 rings (SSSR count). The van der Waals surface area contributed by atoms with Gasteiger partial charge >= 0.3 is 0 Å². The highest BCUT2D eigenvalue weighted by molar-refractivity contribution is 7.15. The number of hydrogen-bond acceptors (Lipinski definition) is 5. The zero-order valence-electron chi connectivity index (χ0n) is 18.2. The van der Waals surface area contributed by atoms with Crippen molar-refractivity contribution in [2.75, 3.05) is 14.2 Å². The van der Waals surface area contributed by atoms with E-state index in [0.717, 1.165) is 40.4 Å². The van der Waals surface area contributed by atoms with Crippen LogP contribution in [-0.2, 0) is 13.0 Å². The Balaban J connectivity index is 1.37.